The minimum Gasteiger partial charge on any atom is -0.497 e. The molecular weight excluding hydrogens is 460 g/mol. The van der Waals surface area contributed by atoms with Gasteiger partial charge in [0, 0.05) is 6.07 Å². The molecular formula is C25H19O4S3+. The van der Waals surface area contributed by atoms with Crippen LogP contribution in [0.2, 0.25) is 0 Å². The van der Waals surface area contributed by atoms with Gasteiger partial charge in [0.1, 0.15) is 21.5 Å². The third kappa shape index (κ3) is 3.37. The first-order valence-electron chi connectivity index (χ1n) is 9.84. The van der Waals surface area contributed by atoms with E-state index in [0.717, 1.165) is 9.79 Å². The van der Waals surface area contributed by atoms with Crippen molar-refractivity contribution >= 4 is 31.5 Å². The van der Waals surface area contributed by atoms with Crippen molar-refractivity contribution in [1.29, 1.82) is 0 Å². The van der Waals surface area contributed by atoms with Crippen LogP contribution in [0.3, 0.4) is 0 Å². The molecule has 0 fully saturated rings. The molecule has 1 heterocycles. The van der Waals surface area contributed by atoms with Crippen LogP contribution in [0, 0.1) is 0 Å². The zero-order valence-corrected chi connectivity index (χ0v) is 19.5. The highest BCUT2D eigenvalue weighted by molar-refractivity contribution is 8.00. The fraction of sp³-hybridized carbons (Fsp3) is 0.0400. The van der Waals surface area contributed by atoms with Crippen LogP contribution < -0.4 is 4.74 Å². The summed E-state index contributed by atoms with van der Waals surface area (Å²) in [6.45, 7) is 0. The predicted octanol–water partition coefficient (Wildman–Crippen LogP) is 5.10. The second-order valence-corrected chi connectivity index (χ2v) is 12.4. The Hall–Kier alpha value is -2.87. The second kappa shape index (κ2) is 8.24. The van der Waals surface area contributed by atoms with Crippen molar-refractivity contribution in [2.24, 2.45) is 0 Å². The van der Waals surface area contributed by atoms with Crippen LogP contribution in [0.15, 0.2) is 131 Å². The van der Waals surface area contributed by atoms with Crippen molar-refractivity contribution in [2.45, 2.75) is 34.3 Å². The number of fused-ring (bicyclic) bond motifs is 2. The van der Waals surface area contributed by atoms with Crippen molar-refractivity contribution in [3.05, 3.63) is 97.1 Å². The largest absolute Gasteiger partial charge is 0.497 e. The van der Waals surface area contributed by atoms with E-state index in [4.69, 9.17) is 4.74 Å². The summed E-state index contributed by atoms with van der Waals surface area (Å²) in [5, 5.41) is 0. The highest BCUT2D eigenvalue weighted by Gasteiger charge is 2.44. The molecule has 0 bridgehead atoms. The summed E-state index contributed by atoms with van der Waals surface area (Å²) < 4.78 is 46.1. The molecule has 0 atom stereocenters. The average Bonchev–Trinajstić information content (AvgIpc) is 2.84. The Bertz CT molecular complexity index is 1400. The number of benzene rings is 4. The Balaban J connectivity index is 1.83. The number of hydrogen-bond donors (Lipinski definition) is 0. The van der Waals surface area contributed by atoms with E-state index in [1.807, 2.05) is 48.5 Å². The maximum absolute atomic E-state index is 13.7. The molecule has 0 unspecified atom stereocenters. The predicted molar refractivity (Wildman–Crippen MR) is 125 cm³/mol. The monoisotopic (exact) mass is 479 g/mol. The van der Waals surface area contributed by atoms with E-state index < -0.39 is 31.5 Å². The fourth-order valence-corrected chi connectivity index (χ4v) is 9.94. The lowest BCUT2D eigenvalue weighted by molar-refractivity contribution is 0.413. The molecule has 0 aliphatic carbocycles. The summed E-state index contributed by atoms with van der Waals surface area (Å²) in [4.78, 5) is 4.23. The zero-order chi connectivity index (χ0) is 22.3. The SMILES string of the molecule is COc1ccc(S(=O)(=O)c2ccccc2)c([S+]2c3ccccc3S(=O)c3ccccc32)c1. The van der Waals surface area contributed by atoms with E-state index in [2.05, 4.69) is 0 Å². The molecule has 1 aliphatic heterocycles. The Morgan fingerprint density at radius 1 is 0.719 bits per heavy atom. The van der Waals surface area contributed by atoms with Gasteiger partial charge in [-0.2, -0.15) is 0 Å². The molecule has 4 aromatic rings. The first kappa shape index (κ1) is 21.0. The lowest BCUT2D eigenvalue weighted by atomic mass is 10.3. The second-order valence-electron chi connectivity index (χ2n) is 7.10. The summed E-state index contributed by atoms with van der Waals surface area (Å²) >= 11 is 0. The van der Waals surface area contributed by atoms with Crippen LogP contribution in [-0.4, -0.2) is 19.7 Å². The quantitative estimate of drug-likeness (QED) is 0.336. The van der Waals surface area contributed by atoms with Gasteiger partial charge in [0.25, 0.3) is 0 Å². The van der Waals surface area contributed by atoms with Crippen LogP contribution in [0.25, 0.3) is 0 Å². The molecule has 0 radical (unpaired) electrons. The fourth-order valence-electron chi connectivity index (χ4n) is 3.74. The van der Waals surface area contributed by atoms with Crippen LogP contribution in [-0.2, 0) is 31.5 Å². The van der Waals surface area contributed by atoms with Gasteiger partial charge in [-0.1, -0.05) is 42.5 Å². The van der Waals surface area contributed by atoms with Crippen LogP contribution in [0.5, 0.6) is 5.75 Å². The molecule has 0 saturated carbocycles. The molecule has 0 aromatic heterocycles. The Morgan fingerprint density at radius 3 is 1.88 bits per heavy atom. The van der Waals surface area contributed by atoms with Crippen molar-refractivity contribution < 1.29 is 17.4 Å². The van der Waals surface area contributed by atoms with E-state index >= 15 is 0 Å². The van der Waals surface area contributed by atoms with Gasteiger partial charge in [-0.3, -0.25) is 0 Å². The molecule has 4 aromatic carbocycles. The van der Waals surface area contributed by atoms with Crippen molar-refractivity contribution in [3.63, 3.8) is 0 Å². The third-order valence-electron chi connectivity index (χ3n) is 5.25. The van der Waals surface area contributed by atoms with Gasteiger partial charge in [0.05, 0.1) is 32.6 Å². The zero-order valence-electron chi connectivity index (χ0n) is 17.1. The van der Waals surface area contributed by atoms with E-state index in [1.54, 1.807) is 55.6 Å². The van der Waals surface area contributed by atoms with Gasteiger partial charge in [0.15, 0.2) is 14.7 Å². The summed E-state index contributed by atoms with van der Waals surface area (Å²) in [5.41, 5.74) is 0. The normalized spacial score (nSPS) is 17.3. The van der Waals surface area contributed by atoms with E-state index in [9.17, 15) is 12.6 Å². The standard InChI is InChI=1S/C25H19O4S3/c1-29-18-15-16-25(32(27,28)19-9-3-2-4-10-19)24(17-18)30-20-11-5-7-13-22(20)31(26)23-14-8-6-12-21(23)30/h2-17H,1H3/q+1. The highest BCUT2D eigenvalue weighted by atomic mass is 32.2. The van der Waals surface area contributed by atoms with Gasteiger partial charge < -0.3 is 4.74 Å². The average molecular weight is 480 g/mol. The summed E-state index contributed by atoms with van der Waals surface area (Å²) in [6, 6.07) is 28.6. The van der Waals surface area contributed by atoms with E-state index in [1.165, 1.54) is 0 Å². The Morgan fingerprint density at radius 2 is 1.28 bits per heavy atom. The van der Waals surface area contributed by atoms with Crippen LogP contribution >= 0.6 is 0 Å². The highest BCUT2D eigenvalue weighted by Crippen LogP contribution is 2.46. The number of methoxy groups -OCH3 is 1. The maximum atomic E-state index is 13.7. The molecule has 7 heteroatoms. The summed E-state index contributed by atoms with van der Waals surface area (Å²) in [6.07, 6.45) is 0. The number of rotatable bonds is 4. The first-order chi connectivity index (χ1) is 15.5. The Kier molecular flexibility index (Phi) is 5.41. The summed E-state index contributed by atoms with van der Waals surface area (Å²) in [5.74, 6) is 0.571. The lowest BCUT2D eigenvalue weighted by Gasteiger charge is -2.20. The van der Waals surface area contributed by atoms with Gasteiger partial charge in [-0.25, -0.2) is 12.6 Å². The van der Waals surface area contributed by atoms with Gasteiger partial charge in [-0.05, 0) is 48.5 Å². The minimum atomic E-state index is -3.79. The molecule has 0 amide bonds. The van der Waals surface area contributed by atoms with Crippen LogP contribution in [0.1, 0.15) is 0 Å². The van der Waals surface area contributed by atoms with Gasteiger partial charge >= 0.3 is 0 Å². The molecule has 5 rings (SSSR count). The minimum absolute atomic E-state index is 0.227. The van der Waals surface area contributed by atoms with Crippen molar-refractivity contribution in [3.8, 4) is 5.75 Å². The third-order valence-corrected chi connectivity index (χ3v) is 11.3. The molecule has 4 nitrogen and oxygen atoms in total. The summed E-state index contributed by atoms with van der Waals surface area (Å²) in [7, 11) is -4.33. The molecule has 1 aliphatic rings. The first-order valence-corrected chi connectivity index (χ1v) is 13.7. The maximum Gasteiger partial charge on any atom is 0.211 e. The molecule has 0 spiro atoms. The van der Waals surface area contributed by atoms with E-state index in [0.29, 0.717) is 20.4 Å². The smallest absolute Gasteiger partial charge is 0.211 e. The molecule has 32 heavy (non-hydrogen) atoms. The molecule has 0 N–H and O–H groups in total. The van der Waals surface area contributed by atoms with Gasteiger partial charge in [-0.15, -0.1) is 0 Å². The number of sulfone groups is 1. The van der Waals surface area contributed by atoms with Crippen LogP contribution in [0.4, 0.5) is 0 Å². The topological polar surface area (TPSA) is 60.4 Å². The molecule has 160 valence electrons. The lowest BCUT2D eigenvalue weighted by Crippen LogP contribution is -2.19. The van der Waals surface area contributed by atoms with Gasteiger partial charge in [0.2, 0.25) is 9.84 Å². The van der Waals surface area contributed by atoms with E-state index in [-0.39, 0.29) is 9.79 Å². The molecule has 0 saturated heterocycles. The number of hydrogen-bond acceptors (Lipinski definition) is 4. The Labute approximate surface area is 192 Å². The van der Waals surface area contributed by atoms with Crippen molar-refractivity contribution in [2.75, 3.05) is 7.11 Å². The number of ether oxygens (including phenoxy) is 1. The van der Waals surface area contributed by atoms with Crippen molar-refractivity contribution in [1.82, 2.24) is 0 Å².